The smallest absolute Gasteiger partial charge is 0.335 e. The van der Waals surface area contributed by atoms with Crippen molar-refractivity contribution in [2.45, 2.75) is 217 Å². The van der Waals surface area contributed by atoms with Crippen LogP contribution in [0.1, 0.15) is 129 Å². The van der Waals surface area contributed by atoms with Gasteiger partial charge in [0, 0.05) is 0 Å². The first kappa shape index (κ1) is 63.5. The third kappa shape index (κ3) is 17.3. The Labute approximate surface area is 492 Å². The van der Waals surface area contributed by atoms with Crippen molar-refractivity contribution in [3.05, 3.63) is 179 Å². The topological polar surface area (TPSA) is 102 Å². The molecule has 0 amide bonds. The van der Waals surface area contributed by atoms with Gasteiger partial charge in [-0.3, -0.25) is 0 Å². The summed E-state index contributed by atoms with van der Waals surface area (Å²) in [5, 5.41) is 0. The Kier molecular flexibility index (Phi) is 25.1. The van der Waals surface area contributed by atoms with E-state index in [0.29, 0.717) is 33.0 Å². The Morgan fingerprint density at radius 3 is 1.38 bits per heavy atom. The maximum atomic E-state index is 7.95. The molecular formula is C67H94O11SSi2. The summed E-state index contributed by atoms with van der Waals surface area (Å²) in [6.45, 7) is 22.4. The molecule has 0 bridgehead atoms. The molecule has 3 aliphatic heterocycles. The van der Waals surface area contributed by atoms with Gasteiger partial charge in [0.25, 0.3) is 0 Å². The lowest BCUT2D eigenvalue weighted by Crippen LogP contribution is -2.71. The van der Waals surface area contributed by atoms with Crippen LogP contribution in [0.3, 0.4) is 0 Å². The van der Waals surface area contributed by atoms with Crippen molar-refractivity contribution in [2.24, 2.45) is 0 Å². The lowest BCUT2D eigenvalue weighted by atomic mass is 9.96. The van der Waals surface area contributed by atoms with Gasteiger partial charge < -0.3 is 50.9 Å². The molecule has 81 heavy (non-hydrogen) atoms. The van der Waals surface area contributed by atoms with Crippen molar-refractivity contribution in [2.75, 3.05) is 19.0 Å². The highest BCUT2D eigenvalue weighted by Crippen LogP contribution is 2.49. The van der Waals surface area contributed by atoms with Crippen LogP contribution in [-0.4, -0.2) is 96.6 Å². The van der Waals surface area contributed by atoms with E-state index in [4.69, 9.17) is 50.9 Å². The van der Waals surface area contributed by atoms with Gasteiger partial charge in [0.15, 0.2) is 6.29 Å². The van der Waals surface area contributed by atoms with E-state index in [9.17, 15) is 0 Å². The maximum absolute atomic E-state index is 7.95. The van der Waals surface area contributed by atoms with Crippen LogP contribution in [-0.2, 0) is 83.9 Å². The van der Waals surface area contributed by atoms with E-state index in [1.165, 1.54) is 25.7 Å². The highest BCUT2D eigenvalue weighted by Gasteiger charge is 2.63. The summed E-state index contributed by atoms with van der Waals surface area (Å²) >= 11 is 1.79. The molecule has 0 saturated carbocycles. The Morgan fingerprint density at radius 2 is 0.901 bits per heavy atom. The van der Waals surface area contributed by atoms with Gasteiger partial charge in [-0.1, -0.05) is 246 Å². The normalized spacial score (nSPS) is 25.7. The molecule has 0 aromatic heterocycles. The Balaban J connectivity index is 1.24. The second-order valence-electron chi connectivity index (χ2n) is 23.4. The second-order valence-corrected chi connectivity index (χ2v) is 33.5. The zero-order chi connectivity index (χ0) is 57.0. The van der Waals surface area contributed by atoms with Crippen LogP contribution in [0.15, 0.2) is 152 Å². The summed E-state index contributed by atoms with van der Waals surface area (Å²) < 4.78 is 81.7. The van der Waals surface area contributed by atoms with Gasteiger partial charge >= 0.3 is 17.1 Å². The molecule has 3 saturated heterocycles. The van der Waals surface area contributed by atoms with E-state index in [1.54, 1.807) is 11.8 Å². The largest absolute Gasteiger partial charge is 0.414 e. The summed E-state index contributed by atoms with van der Waals surface area (Å²) in [4.78, 5) is 0. The van der Waals surface area contributed by atoms with Crippen molar-refractivity contribution in [3.8, 4) is 0 Å². The van der Waals surface area contributed by atoms with Crippen LogP contribution in [0.25, 0.3) is 0 Å². The number of hydrogen-bond donors (Lipinski definition) is 0. The average molecular weight is 1160 g/mol. The number of hydrogen-bond acceptors (Lipinski definition) is 12. The maximum Gasteiger partial charge on any atom is 0.335 e. The first-order valence-corrected chi connectivity index (χ1v) is 35.2. The predicted molar refractivity (Wildman–Crippen MR) is 328 cm³/mol. The summed E-state index contributed by atoms with van der Waals surface area (Å²) in [6, 6.07) is 51.3. The number of unbranched alkanes of at least 4 members (excludes halogenated alkanes) is 5. The van der Waals surface area contributed by atoms with E-state index in [0.717, 1.165) is 46.4 Å². The standard InChI is InChI=1S/C67H94O11SSi2/c1-10-11-12-13-14-30-41-79-67-65(63(71-45-56-37-26-18-27-38-56)61-59(75-67)48-73-80(49(2)3,50(4)5)78-81(77-61,51(6)7)52(8)9)76-66-64(72-46-57-39-28-19-29-40-57)62(70-44-55-35-24-17-25-36-55)60(69-43-54-33-22-16-23-34-54)58(74-66)47-68-42-53-31-20-15-21-32-53/h15-29,31-40,49-52,58-67H,10-14,30,41-48H2,1-9H3/t58-,59-,60+,61-,62+,63+,64-,65+,66-,67-/m1/s1. The van der Waals surface area contributed by atoms with Gasteiger partial charge in [0.1, 0.15) is 54.3 Å². The third-order valence-corrected chi connectivity index (χ3v) is 27.6. The Hall–Kier alpha value is -3.56. The van der Waals surface area contributed by atoms with Gasteiger partial charge in [0.2, 0.25) is 0 Å². The summed E-state index contributed by atoms with van der Waals surface area (Å²) in [6.07, 6.45) is 0.682. The molecule has 0 aliphatic carbocycles. The number of rotatable bonds is 30. The molecule has 0 N–H and O–H groups in total. The van der Waals surface area contributed by atoms with Gasteiger partial charge in [-0.05, 0) is 62.2 Å². The van der Waals surface area contributed by atoms with E-state index in [1.807, 2.05) is 78.9 Å². The highest BCUT2D eigenvalue weighted by molar-refractivity contribution is 7.99. The molecule has 442 valence electrons. The second kappa shape index (κ2) is 32.1. The van der Waals surface area contributed by atoms with E-state index < -0.39 is 77.7 Å². The quantitative estimate of drug-likeness (QED) is 0.0323. The molecule has 0 radical (unpaired) electrons. The zero-order valence-corrected chi connectivity index (χ0v) is 52.6. The fourth-order valence-corrected chi connectivity index (χ4v) is 24.1. The van der Waals surface area contributed by atoms with Gasteiger partial charge in [-0.2, -0.15) is 0 Å². The Bertz CT molecular complexity index is 2480. The molecule has 11 nitrogen and oxygen atoms in total. The van der Waals surface area contributed by atoms with Crippen molar-refractivity contribution in [1.29, 1.82) is 0 Å². The van der Waals surface area contributed by atoms with E-state index in [-0.39, 0.29) is 35.4 Å². The summed E-state index contributed by atoms with van der Waals surface area (Å²) in [5.74, 6) is 0.866. The molecule has 10 atom stereocenters. The van der Waals surface area contributed by atoms with E-state index in [2.05, 4.69) is 135 Å². The van der Waals surface area contributed by atoms with Gasteiger partial charge in [-0.25, -0.2) is 0 Å². The predicted octanol–water partition coefficient (Wildman–Crippen LogP) is 15.4. The molecule has 0 unspecified atom stereocenters. The van der Waals surface area contributed by atoms with Crippen LogP contribution in [0.2, 0.25) is 22.2 Å². The average Bonchev–Trinajstić information content (AvgIpc) is 3.61. The molecule has 5 aromatic rings. The zero-order valence-electron chi connectivity index (χ0n) is 49.8. The lowest BCUT2D eigenvalue weighted by molar-refractivity contribution is -0.355. The lowest BCUT2D eigenvalue weighted by Gasteiger charge is -2.56. The van der Waals surface area contributed by atoms with E-state index >= 15 is 0 Å². The fraction of sp³-hybridized carbons (Fsp3) is 0.552. The minimum absolute atomic E-state index is 0.0719. The fourth-order valence-electron chi connectivity index (χ4n) is 11.6. The SMILES string of the molecule is CCCCCCCCS[C@H]1O[C@@H]2CO[Si](C(C)C)(C(C)C)O[Si](C(C)C)(C(C)C)O[C@H]2[C@H](OCc2ccccc2)[C@@H]1O[C@H]1O[C@H](COCc2ccccc2)[C@H](OCc2ccccc2)[C@H](OCc2ccccc2)[C@H]1OCc1ccccc1. The molecule has 3 aliphatic rings. The number of fused-ring (bicyclic) bond motifs is 1. The summed E-state index contributed by atoms with van der Waals surface area (Å²) in [5.41, 5.74) is 5.11. The third-order valence-electron chi connectivity index (χ3n) is 16.1. The first-order valence-electron chi connectivity index (χ1n) is 30.2. The number of benzene rings is 5. The number of thioether (sulfide) groups is 1. The molecule has 14 heteroatoms. The van der Waals surface area contributed by atoms with Crippen LogP contribution < -0.4 is 0 Å². The van der Waals surface area contributed by atoms with Crippen LogP contribution >= 0.6 is 11.8 Å². The van der Waals surface area contributed by atoms with Crippen molar-refractivity contribution in [3.63, 3.8) is 0 Å². The molecular weight excluding hydrogens is 1070 g/mol. The van der Waals surface area contributed by atoms with Crippen molar-refractivity contribution < 1.29 is 50.9 Å². The Morgan fingerprint density at radius 1 is 0.469 bits per heavy atom. The van der Waals surface area contributed by atoms with Crippen molar-refractivity contribution >= 4 is 28.9 Å². The summed E-state index contributed by atoms with van der Waals surface area (Å²) in [7, 11) is -6.13. The van der Waals surface area contributed by atoms with Gasteiger partial charge in [-0.15, -0.1) is 11.8 Å². The molecule has 0 spiro atoms. The van der Waals surface area contributed by atoms with Crippen LogP contribution in [0.5, 0.6) is 0 Å². The molecule has 8 rings (SSSR count). The monoisotopic (exact) mass is 1160 g/mol. The molecule has 3 fully saturated rings. The molecule has 3 heterocycles. The minimum Gasteiger partial charge on any atom is -0.414 e. The molecule has 5 aromatic carbocycles. The van der Waals surface area contributed by atoms with Crippen LogP contribution in [0.4, 0.5) is 0 Å². The van der Waals surface area contributed by atoms with Gasteiger partial charge in [0.05, 0.1) is 46.2 Å². The van der Waals surface area contributed by atoms with Crippen LogP contribution in [0, 0.1) is 0 Å². The minimum atomic E-state index is -3.20. The highest BCUT2D eigenvalue weighted by atomic mass is 32.2. The van der Waals surface area contributed by atoms with Crippen molar-refractivity contribution in [1.82, 2.24) is 0 Å². The number of ether oxygens (including phenoxy) is 8. The first-order chi connectivity index (χ1) is 39.4.